The summed E-state index contributed by atoms with van der Waals surface area (Å²) >= 11 is 0. The number of hydrogen-bond donors (Lipinski definition) is 0. The van der Waals surface area contributed by atoms with Crippen molar-refractivity contribution in [2.24, 2.45) is 0 Å². The standard InChI is InChI=1S/C56H40N2/c1-5-16-47(17-6-1)57(48-18-7-2-8-19-48)51-34-26-41(27-35-51)24-30-43-32-38-54-45(40-46-15-13-14-44-33-39-53(43)56(54)55(44)46)31-25-42-28-36-52(37-29-42)58(49-20-9-3-10-21-49)50-22-11-4-12-23-50/h1-40H. The summed E-state index contributed by atoms with van der Waals surface area (Å²) in [6.07, 6.45) is 9.00. The van der Waals surface area contributed by atoms with E-state index in [4.69, 9.17) is 0 Å². The summed E-state index contributed by atoms with van der Waals surface area (Å²) in [7, 11) is 0. The molecule has 2 heteroatoms. The molecule has 0 N–H and O–H groups in total. The predicted molar refractivity (Wildman–Crippen MR) is 250 cm³/mol. The van der Waals surface area contributed by atoms with Crippen molar-refractivity contribution >= 4 is 90.7 Å². The van der Waals surface area contributed by atoms with E-state index in [1.165, 1.54) is 43.4 Å². The van der Waals surface area contributed by atoms with Gasteiger partial charge in [-0.2, -0.15) is 0 Å². The van der Waals surface area contributed by atoms with Gasteiger partial charge in [0, 0.05) is 34.1 Å². The fourth-order valence-corrected chi connectivity index (χ4v) is 8.21. The maximum atomic E-state index is 2.34. The lowest BCUT2D eigenvalue weighted by Gasteiger charge is -2.25. The van der Waals surface area contributed by atoms with E-state index < -0.39 is 0 Å². The van der Waals surface area contributed by atoms with Gasteiger partial charge in [-0.3, -0.25) is 0 Å². The molecule has 0 unspecified atom stereocenters. The fraction of sp³-hybridized carbons (Fsp3) is 0. The summed E-state index contributed by atoms with van der Waals surface area (Å²) in [5, 5.41) is 7.67. The molecule has 0 fully saturated rings. The van der Waals surface area contributed by atoms with Gasteiger partial charge in [-0.15, -0.1) is 0 Å². The molecule has 0 spiro atoms. The topological polar surface area (TPSA) is 6.48 Å². The van der Waals surface area contributed by atoms with Crippen molar-refractivity contribution in [1.82, 2.24) is 0 Å². The average Bonchev–Trinajstić information content (AvgIpc) is 3.29. The second-order valence-corrected chi connectivity index (χ2v) is 14.6. The van der Waals surface area contributed by atoms with Crippen LogP contribution in [-0.4, -0.2) is 0 Å². The normalized spacial score (nSPS) is 11.7. The first kappa shape index (κ1) is 34.8. The molecule has 0 bridgehead atoms. The minimum absolute atomic E-state index is 1.12. The zero-order valence-corrected chi connectivity index (χ0v) is 32.0. The molecule has 0 atom stereocenters. The lowest BCUT2D eigenvalue weighted by Crippen LogP contribution is -2.09. The Kier molecular flexibility index (Phi) is 9.27. The molecule has 0 radical (unpaired) electrons. The van der Waals surface area contributed by atoms with Crippen molar-refractivity contribution < 1.29 is 0 Å². The van der Waals surface area contributed by atoms with Crippen molar-refractivity contribution in [2.75, 3.05) is 9.80 Å². The molecule has 0 aromatic heterocycles. The van der Waals surface area contributed by atoms with E-state index in [1.807, 2.05) is 0 Å². The predicted octanol–water partition coefficient (Wildman–Crippen LogP) is 15.9. The van der Waals surface area contributed by atoms with E-state index in [1.54, 1.807) is 0 Å². The summed E-state index contributed by atoms with van der Waals surface area (Å²) < 4.78 is 0. The van der Waals surface area contributed by atoms with Gasteiger partial charge in [-0.05, 0) is 133 Å². The lowest BCUT2D eigenvalue weighted by atomic mass is 9.89. The Balaban J connectivity index is 0.967. The zero-order chi connectivity index (χ0) is 38.7. The Morgan fingerprint density at radius 2 is 0.655 bits per heavy atom. The summed E-state index contributed by atoms with van der Waals surface area (Å²) in [5.41, 5.74) is 11.5. The number of rotatable bonds is 10. The van der Waals surface area contributed by atoms with Gasteiger partial charge in [0.1, 0.15) is 0 Å². The van der Waals surface area contributed by atoms with Crippen LogP contribution in [0.2, 0.25) is 0 Å². The van der Waals surface area contributed by atoms with Gasteiger partial charge in [0.25, 0.3) is 0 Å². The Hall–Kier alpha value is -7.68. The molecule has 0 saturated heterocycles. The molecule has 274 valence electrons. The zero-order valence-electron chi connectivity index (χ0n) is 32.0. The summed E-state index contributed by atoms with van der Waals surface area (Å²) in [6, 6.07) is 77.9. The Bertz CT molecular complexity index is 2920. The molecule has 0 saturated carbocycles. The fourth-order valence-electron chi connectivity index (χ4n) is 8.21. The third-order valence-corrected chi connectivity index (χ3v) is 11.0. The third-order valence-electron chi connectivity index (χ3n) is 11.0. The third kappa shape index (κ3) is 6.78. The summed E-state index contributed by atoms with van der Waals surface area (Å²) in [6.45, 7) is 0. The van der Waals surface area contributed by atoms with Crippen LogP contribution in [-0.2, 0) is 0 Å². The quantitative estimate of drug-likeness (QED) is 0.102. The van der Waals surface area contributed by atoms with Crippen LogP contribution in [0.4, 0.5) is 34.1 Å². The molecular formula is C56H40N2. The molecule has 0 aliphatic rings. The number of para-hydroxylation sites is 4. The first-order chi connectivity index (χ1) is 28.8. The minimum Gasteiger partial charge on any atom is -0.311 e. The smallest absolute Gasteiger partial charge is 0.0462 e. The van der Waals surface area contributed by atoms with Crippen molar-refractivity contribution in [3.05, 3.63) is 241 Å². The van der Waals surface area contributed by atoms with Crippen LogP contribution < -0.4 is 9.80 Å². The Morgan fingerprint density at radius 3 is 1.14 bits per heavy atom. The number of nitrogens with zero attached hydrogens (tertiary/aromatic N) is 2. The second-order valence-electron chi connectivity index (χ2n) is 14.6. The average molecular weight is 741 g/mol. The molecule has 10 aromatic rings. The van der Waals surface area contributed by atoms with Crippen molar-refractivity contribution in [1.29, 1.82) is 0 Å². The maximum Gasteiger partial charge on any atom is 0.0462 e. The van der Waals surface area contributed by atoms with Crippen LogP contribution in [0.5, 0.6) is 0 Å². The van der Waals surface area contributed by atoms with Gasteiger partial charge in [-0.25, -0.2) is 0 Å². The number of benzene rings is 10. The molecule has 2 nitrogen and oxygen atoms in total. The van der Waals surface area contributed by atoms with Gasteiger partial charge >= 0.3 is 0 Å². The van der Waals surface area contributed by atoms with Crippen LogP contribution >= 0.6 is 0 Å². The van der Waals surface area contributed by atoms with Gasteiger partial charge in [-0.1, -0.05) is 164 Å². The molecule has 58 heavy (non-hydrogen) atoms. The monoisotopic (exact) mass is 740 g/mol. The van der Waals surface area contributed by atoms with Gasteiger partial charge in [0.05, 0.1) is 0 Å². The van der Waals surface area contributed by atoms with E-state index in [0.29, 0.717) is 0 Å². The molecular weight excluding hydrogens is 701 g/mol. The van der Waals surface area contributed by atoms with Crippen LogP contribution in [0.25, 0.3) is 56.6 Å². The van der Waals surface area contributed by atoms with E-state index in [9.17, 15) is 0 Å². The van der Waals surface area contributed by atoms with E-state index >= 15 is 0 Å². The first-order valence-electron chi connectivity index (χ1n) is 19.8. The number of hydrogen-bond acceptors (Lipinski definition) is 2. The Morgan fingerprint density at radius 1 is 0.259 bits per heavy atom. The second kappa shape index (κ2) is 15.5. The minimum atomic E-state index is 1.12. The van der Waals surface area contributed by atoms with Gasteiger partial charge < -0.3 is 9.80 Å². The highest BCUT2D eigenvalue weighted by molar-refractivity contribution is 6.26. The SMILES string of the molecule is C(=Cc1ccc2c(C=Cc3ccc(N(c4ccccc4)c4ccccc4)cc3)cc3cccc4ccc1c2c43)c1ccc(N(c2ccccc2)c2ccccc2)cc1. The largest absolute Gasteiger partial charge is 0.311 e. The molecule has 10 aromatic carbocycles. The highest BCUT2D eigenvalue weighted by Gasteiger charge is 2.15. The summed E-state index contributed by atoms with van der Waals surface area (Å²) in [5.74, 6) is 0. The Labute approximate surface area is 339 Å². The van der Waals surface area contributed by atoms with Crippen molar-refractivity contribution in [3.8, 4) is 0 Å². The first-order valence-corrected chi connectivity index (χ1v) is 19.8. The van der Waals surface area contributed by atoms with Crippen LogP contribution in [0.3, 0.4) is 0 Å². The highest BCUT2D eigenvalue weighted by atomic mass is 15.1. The van der Waals surface area contributed by atoms with Gasteiger partial charge in [0.15, 0.2) is 0 Å². The van der Waals surface area contributed by atoms with E-state index in [-0.39, 0.29) is 0 Å². The molecule has 0 heterocycles. The summed E-state index contributed by atoms with van der Waals surface area (Å²) in [4.78, 5) is 4.59. The molecule has 0 amide bonds. The molecule has 10 rings (SSSR count). The lowest BCUT2D eigenvalue weighted by molar-refractivity contribution is 1.28. The van der Waals surface area contributed by atoms with Crippen molar-refractivity contribution in [2.45, 2.75) is 0 Å². The molecule has 0 aliphatic heterocycles. The van der Waals surface area contributed by atoms with Crippen LogP contribution in [0.1, 0.15) is 22.3 Å². The van der Waals surface area contributed by atoms with E-state index in [0.717, 1.165) is 45.3 Å². The van der Waals surface area contributed by atoms with E-state index in [2.05, 4.69) is 252 Å². The number of anilines is 6. The maximum absolute atomic E-state index is 2.34. The molecule has 0 aliphatic carbocycles. The van der Waals surface area contributed by atoms with Gasteiger partial charge in [0.2, 0.25) is 0 Å². The van der Waals surface area contributed by atoms with Crippen molar-refractivity contribution in [3.63, 3.8) is 0 Å². The highest BCUT2D eigenvalue weighted by Crippen LogP contribution is 2.40. The van der Waals surface area contributed by atoms with Crippen LogP contribution in [0.15, 0.2) is 218 Å². The van der Waals surface area contributed by atoms with Crippen LogP contribution in [0, 0.1) is 0 Å².